The minimum absolute atomic E-state index is 0.0979. The van der Waals surface area contributed by atoms with Gasteiger partial charge in [-0.2, -0.15) is 0 Å². The first-order chi connectivity index (χ1) is 15.7. The van der Waals surface area contributed by atoms with Gasteiger partial charge in [0.25, 0.3) is 0 Å². The largest absolute Gasteiger partial charge is 0.573 e. The van der Waals surface area contributed by atoms with Gasteiger partial charge in [0.05, 0.1) is 0 Å². The van der Waals surface area contributed by atoms with Gasteiger partial charge in [0, 0.05) is 5.56 Å². The molecule has 0 spiro atoms. The topological polar surface area (TPSA) is 9.23 Å². The molecule has 0 aliphatic heterocycles. The number of alkyl halides is 3. The summed E-state index contributed by atoms with van der Waals surface area (Å²) in [6.45, 7) is 2.22. The molecule has 2 atom stereocenters. The Bertz CT molecular complexity index is 1100. The second kappa shape index (κ2) is 9.54. The second-order valence-corrected chi connectivity index (χ2v) is 8.67. The molecule has 4 rings (SSSR count). The smallest absolute Gasteiger partial charge is 0.403 e. The number of halogens is 5. The summed E-state index contributed by atoms with van der Waals surface area (Å²) in [6.07, 6.45) is 1.20. The van der Waals surface area contributed by atoms with E-state index in [0.29, 0.717) is 11.5 Å². The Morgan fingerprint density at radius 3 is 2.12 bits per heavy atom. The van der Waals surface area contributed by atoms with Crippen LogP contribution in [0, 0.1) is 17.6 Å². The minimum Gasteiger partial charge on any atom is -0.403 e. The first-order valence-corrected chi connectivity index (χ1v) is 11.2. The van der Waals surface area contributed by atoms with Gasteiger partial charge in [-0.15, -0.1) is 13.2 Å². The summed E-state index contributed by atoms with van der Waals surface area (Å²) in [5, 5.41) is 0. The average Bonchev–Trinajstić information content (AvgIpc) is 3.23. The van der Waals surface area contributed by atoms with Crippen molar-refractivity contribution in [3.8, 4) is 28.0 Å². The predicted octanol–water partition coefficient (Wildman–Crippen LogP) is 8.88. The Morgan fingerprint density at radius 1 is 0.818 bits per heavy atom. The number of hydrogen-bond donors (Lipinski definition) is 0. The molecule has 0 N–H and O–H groups in total. The maximum atomic E-state index is 14.8. The summed E-state index contributed by atoms with van der Waals surface area (Å²) in [5.41, 5.74) is 3.08. The van der Waals surface area contributed by atoms with Gasteiger partial charge in [0.15, 0.2) is 11.6 Å². The van der Waals surface area contributed by atoms with Crippen LogP contribution in [0.5, 0.6) is 5.75 Å². The highest BCUT2D eigenvalue weighted by molar-refractivity contribution is 5.71. The Kier molecular flexibility index (Phi) is 6.73. The predicted molar refractivity (Wildman–Crippen MR) is 119 cm³/mol. The zero-order valence-corrected chi connectivity index (χ0v) is 18.3. The summed E-state index contributed by atoms with van der Waals surface area (Å²) < 4.78 is 69.5. The van der Waals surface area contributed by atoms with Crippen molar-refractivity contribution in [2.24, 2.45) is 5.92 Å². The fraction of sp³-hybridized carbons (Fsp3) is 0.333. The van der Waals surface area contributed by atoms with Crippen LogP contribution in [0.4, 0.5) is 22.0 Å². The van der Waals surface area contributed by atoms with Crippen molar-refractivity contribution in [3.05, 3.63) is 77.9 Å². The van der Waals surface area contributed by atoms with E-state index in [1.54, 1.807) is 6.07 Å². The van der Waals surface area contributed by atoms with E-state index < -0.39 is 23.7 Å². The van der Waals surface area contributed by atoms with Crippen molar-refractivity contribution in [1.29, 1.82) is 0 Å². The number of rotatable bonds is 6. The van der Waals surface area contributed by atoms with Crippen molar-refractivity contribution in [2.45, 2.75) is 51.3 Å². The molecule has 6 heteroatoms. The number of benzene rings is 3. The Labute approximate surface area is 190 Å². The third-order valence-electron chi connectivity index (χ3n) is 6.39. The third kappa shape index (κ3) is 5.55. The fourth-order valence-electron chi connectivity index (χ4n) is 4.80. The summed E-state index contributed by atoms with van der Waals surface area (Å²) in [5.74, 6) is -1.36. The molecule has 1 aliphatic rings. The van der Waals surface area contributed by atoms with Crippen LogP contribution in [0.1, 0.15) is 50.5 Å². The zero-order valence-electron chi connectivity index (χ0n) is 18.3. The van der Waals surface area contributed by atoms with Gasteiger partial charge in [-0.05, 0) is 71.6 Å². The molecule has 1 fully saturated rings. The highest BCUT2D eigenvalue weighted by Gasteiger charge is 2.32. The van der Waals surface area contributed by atoms with Crippen molar-refractivity contribution >= 4 is 0 Å². The van der Waals surface area contributed by atoms with Crippen LogP contribution in [-0.2, 0) is 0 Å². The molecule has 0 bridgehead atoms. The Morgan fingerprint density at radius 2 is 1.48 bits per heavy atom. The molecule has 3 aromatic rings. The lowest BCUT2D eigenvalue weighted by Crippen LogP contribution is -2.17. The Balaban J connectivity index is 1.50. The first-order valence-electron chi connectivity index (χ1n) is 11.2. The van der Waals surface area contributed by atoms with Crippen LogP contribution in [0.15, 0.2) is 60.7 Å². The van der Waals surface area contributed by atoms with Gasteiger partial charge in [0.2, 0.25) is 0 Å². The molecule has 1 saturated carbocycles. The Hall–Kier alpha value is -2.89. The molecule has 0 amide bonds. The SMILES string of the molecule is CCCC1CCC(c2ccc(-c3ccc(-c4ccc(OC(F)(F)F)c(F)c4)c(F)c3)cc2)C1. The molecule has 3 aromatic carbocycles. The van der Waals surface area contributed by atoms with Crippen LogP contribution >= 0.6 is 0 Å². The van der Waals surface area contributed by atoms with E-state index in [2.05, 4.69) is 23.8 Å². The van der Waals surface area contributed by atoms with E-state index in [4.69, 9.17) is 0 Å². The van der Waals surface area contributed by atoms with E-state index >= 15 is 0 Å². The third-order valence-corrected chi connectivity index (χ3v) is 6.39. The maximum Gasteiger partial charge on any atom is 0.573 e. The van der Waals surface area contributed by atoms with Crippen LogP contribution in [-0.4, -0.2) is 6.36 Å². The molecule has 2 unspecified atom stereocenters. The minimum atomic E-state index is -5.00. The normalized spacial score (nSPS) is 18.5. The molecular formula is C27H25F5O. The maximum absolute atomic E-state index is 14.8. The van der Waals surface area contributed by atoms with E-state index in [1.165, 1.54) is 55.9 Å². The molecule has 174 valence electrons. The summed E-state index contributed by atoms with van der Waals surface area (Å²) in [7, 11) is 0. The highest BCUT2D eigenvalue weighted by Crippen LogP contribution is 2.41. The molecule has 0 aromatic heterocycles. The molecule has 1 nitrogen and oxygen atoms in total. The standard InChI is InChI=1S/C27H25F5O/c1-2-3-17-4-5-20(14-17)18-6-8-19(9-7-18)21-10-12-23(24(28)15-21)22-11-13-26(25(29)16-22)33-27(30,31)32/h6-13,15-17,20H,2-5,14H2,1H3. The van der Waals surface area contributed by atoms with Crippen LogP contribution in [0.25, 0.3) is 22.3 Å². The number of hydrogen-bond acceptors (Lipinski definition) is 1. The van der Waals surface area contributed by atoms with Crippen molar-refractivity contribution in [3.63, 3.8) is 0 Å². The quantitative estimate of drug-likeness (QED) is 0.334. The lowest BCUT2D eigenvalue weighted by molar-refractivity contribution is -0.275. The van der Waals surface area contributed by atoms with Gasteiger partial charge < -0.3 is 4.74 Å². The van der Waals surface area contributed by atoms with Gasteiger partial charge in [-0.25, -0.2) is 8.78 Å². The second-order valence-electron chi connectivity index (χ2n) is 8.67. The summed E-state index contributed by atoms with van der Waals surface area (Å²) in [6, 6.07) is 15.6. The highest BCUT2D eigenvalue weighted by atomic mass is 19.4. The lowest BCUT2D eigenvalue weighted by Gasteiger charge is -2.13. The molecule has 1 aliphatic carbocycles. The molecule has 33 heavy (non-hydrogen) atoms. The number of ether oxygens (including phenoxy) is 1. The summed E-state index contributed by atoms with van der Waals surface area (Å²) >= 11 is 0. The van der Waals surface area contributed by atoms with E-state index in [1.807, 2.05) is 12.1 Å². The molecule has 0 saturated heterocycles. The first kappa shape index (κ1) is 23.3. The average molecular weight is 460 g/mol. The van der Waals surface area contributed by atoms with Crippen molar-refractivity contribution in [2.75, 3.05) is 0 Å². The summed E-state index contributed by atoms with van der Waals surface area (Å²) in [4.78, 5) is 0. The van der Waals surface area contributed by atoms with E-state index in [9.17, 15) is 22.0 Å². The van der Waals surface area contributed by atoms with Gasteiger partial charge in [-0.1, -0.05) is 62.2 Å². The fourth-order valence-corrected chi connectivity index (χ4v) is 4.80. The zero-order chi connectivity index (χ0) is 23.6. The molecular weight excluding hydrogens is 435 g/mol. The van der Waals surface area contributed by atoms with Crippen LogP contribution in [0.3, 0.4) is 0 Å². The van der Waals surface area contributed by atoms with Gasteiger partial charge in [0.1, 0.15) is 5.82 Å². The van der Waals surface area contributed by atoms with Gasteiger partial charge in [-0.3, -0.25) is 0 Å². The molecule has 0 radical (unpaired) electrons. The van der Waals surface area contributed by atoms with Crippen LogP contribution < -0.4 is 4.74 Å². The van der Waals surface area contributed by atoms with E-state index in [0.717, 1.165) is 23.6 Å². The lowest BCUT2D eigenvalue weighted by atomic mass is 9.93. The van der Waals surface area contributed by atoms with Crippen molar-refractivity contribution < 1.29 is 26.7 Å². The van der Waals surface area contributed by atoms with E-state index in [-0.39, 0.29) is 11.1 Å². The van der Waals surface area contributed by atoms with Gasteiger partial charge >= 0.3 is 6.36 Å². The van der Waals surface area contributed by atoms with Crippen LogP contribution in [0.2, 0.25) is 0 Å². The van der Waals surface area contributed by atoms with Crippen molar-refractivity contribution in [1.82, 2.24) is 0 Å². The molecule has 0 heterocycles. The monoisotopic (exact) mass is 460 g/mol.